The van der Waals surface area contributed by atoms with E-state index in [2.05, 4.69) is 63.8 Å². The predicted octanol–water partition coefficient (Wildman–Crippen LogP) is 7.03. The minimum absolute atomic E-state index is 0.000451. The van der Waals surface area contributed by atoms with E-state index in [1.165, 1.54) is 17.4 Å². The van der Waals surface area contributed by atoms with Gasteiger partial charge in [-0.2, -0.15) is 0 Å². The Morgan fingerprint density at radius 2 is 1.86 bits per heavy atom. The highest BCUT2D eigenvalue weighted by molar-refractivity contribution is 7.22. The fraction of sp³-hybridized carbons (Fsp3) is 0.378. The number of para-hydroxylation sites is 1. The Morgan fingerprint density at radius 1 is 1.04 bits per heavy atom. The van der Waals surface area contributed by atoms with Gasteiger partial charge in [-0.1, -0.05) is 35.3 Å². The van der Waals surface area contributed by atoms with Crippen molar-refractivity contribution >= 4 is 60.8 Å². The molecule has 0 saturated heterocycles. The third kappa shape index (κ3) is 10.7. The number of benzene rings is 2. The van der Waals surface area contributed by atoms with Crippen LogP contribution < -0.4 is 20.3 Å². The Kier molecular flexibility index (Phi) is 12.9. The van der Waals surface area contributed by atoms with Gasteiger partial charge in [-0.25, -0.2) is 19.2 Å². The van der Waals surface area contributed by atoms with E-state index in [0.29, 0.717) is 53.1 Å². The van der Waals surface area contributed by atoms with Crippen molar-refractivity contribution in [2.24, 2.45) is 0 Å². The SMILES string of the molecule is CNCC#Cc1ccc(OCCCc2sc(N(CCCCC[N+](C)(C)C)c3cc(C)c(Nc4nc5ccccc5s4)nn3)nc2C(=O)O)c(F)c1. The standard InChI is InChI=1S/C37H43FN8O3S2/c1-25-23-32(43-44-34(25)42-36-40-28-14-7-8-15-30(28)50-36)45(20-9-6-10-21-46(3,4)5)37-41-33(35(47)48)31(51-37)16-12-22-49-29-18-17-26(24-27(29)38)13-11-19-39-2/h7-8,14-15,17-18,23-24,39H,6,9-10,12,16,19-22H2,1-5H3,(H-,40,42,44,47,48)/p+1. The Morgan fingerprint density at radius 3 is 2.59 bits per heavy atom. The molecule has 0 amide bonds. The van der Waals surface area contributed by atoms with Gasteiger partial charge >= 0.3 is 5.97 Å². The number of hydrogen-bond donors (Lipinski definition) is 3. The molecule has 0 fully saturated rings. The van der Waals surface area contributed by atoms with Gasteiger partial charge in [0.05, 0.1) is 51.1 Å². The number of thiazole rings is 2. The van der Waals surface area contributed by atoms with Crippen LogP contribution in [-0.2, 0) is 6.42 Å². The number of carboxylic acid groups (broad SMARTS) is 1. The van der Waals surface area contributed by atoms with Crippen LogP contribution in [0.4, 0.5) is 26.3 Å². The first-order chi connectivity index (χ1) is 24.5. The fourth-order valence-electron chi connectivity index (χ4n) is 5.23. The van der Waals surface area contributed by atoms with Crippen LogP contribution in [-0.4, -0.2) is 90.2 Å². The monoisotopic (exact) mass is 731 g/mol. The average molecular weight is 732 g/mol. The van der Waals surface area contributed by atoms with E-state index in [0.717, 1.165) is 51.2 Å². The van der Waals surface area contributed by atoms with Gasteiger partial charge in [0.15, 0.2) is 39.2 Å². The summed E-state index contributed by atoms with van der Waals surface area (Å²) in [7, 11) is 8.33. The number of carbonyl (C=O) groups is 1. The number of unbranched alkanes of at least 4 members (excludes halogenated alkanes) is 2. The number of ether oxygens (including phenoxy) is 1. The Labute approximate surface area is 306 Å². The maximum absolute atomic E-state index is 14.6. The molecule has 5 aromatic rings. The number of halogens is 1. The van der Waals surface area contributed by atoms with Crippen molar-refractivity contribution in [3.05, 3.63) is 76.0 Å². The zero-order chi connectivity index (χ0) is 36.4. The molecular formula is C37H44FN8O3S2+. The number of quaternary nitrogens is 1. The second kappa shape index (κ2) is 17.5. The molecule has 0 aliphatic carbocycles. The molecule has 5 rings (SSSR count). The first-order valence-electron chi connectivity index (χ1n) is 16.8. The second-order valence-electron chi connectivity index (χ2n) is 13.1. The van der Waals surface area contributed by atoms with Crippen LogP contribution in [0.3, 0.4) is 0 Å². The Bertz CT molecular complexity index is 1980. The smallest absolute Gasteiger partial charge is 0.355 e. The minimum atomic E-state index is -1.10. The van der Waals surface area contributed by atoms with Crippen LogP contribution in [0.1, 0.15) is 52.2 Å². The van der Waals surface area contributed by atoms with Crippen LogP contribution in [0, 0.1) is 24.6 Å². The summed E-state index contributed by atoms with van der Waals surface area (Å²) in [6, 6.07) is 14.5. The summed E-state index contributed by atoms with van der Waals surface area (Å²) in [4.78, 5) is 24.2. The van der Waals surface area contributed by atoms with Gasteiger partial charge in [0, 0.05) is 17.0 Å². The highest BCUT2D eigenvalue weighted by Gasteiger charge is 2.23. The topological polar surface area (TPSA) is 125 Å². The van der Waals surface area contributed by atoms with Gasteiger partial charge < -0.3 is 29.9 Å². The quantitative estimate of drug-likeness (QED) is 0.0522. The van der Waals surface area contributed by atoms with Crippen molar-refractivity contribution in [3.63, 3.8) is 0 Å². The van der Waals surface area contributed by atoms with E-state index in [1.807, 2.05) is 42.2 Å². The summed E-state index contributed by atoms with van der Waals surface area (Å²) in [5, 5.41) is 26.7. The molecule has 268 valence electrons. The maximum atomic E-state index is 14.6. The molecule has 0 spiro atoms. The number of nitrogens with zero attached hydrogens (tertiary/aromatic N) is 6. The summed E-state index contributed by atoms with van der Waals surface area (Å²) < 4.78 is 22.3. The summed E-state index contributed by atoms with van der Waals surface area (Å²) in [5.41, 5.74) is 2.35. The van der Waals surface area contributed by atoms with E-state index < -0.39 is 11.8 Å². The molecule has 3 aromatic heterocycles. The number of carboxylic acids is 1. The molecule has 0 aliphatic rings. The van der Waals surface area contributed by atoms with E-state index in [-0.39, 0.29) is 18.1 Å². The minimum Gasteiger partial charge on any atom is -0.491 e. The number of hydrogen-bond acceptors (Lipinski definition) is 11. The highest BCUT2D eigenvalue weighted by Crippen LogP contribution is 2.34. The van der Waals surface area contributed by atoms with E-state index in [4.69, 9.17) is 4.74 Å². The number of fused-ring (bicyclic) bond motifs is 1. The zero-order valence-electron chi connectivity index (χ0n) is 29.6. The van der Waals surface area contributed by atoms with E-state index in [9.17, 15) is 14.3 Å². The third-order valence-corrected chi connectivity index (χ3v) is 9.92. The molecule has 0 bridgehead atoms. The number of aromatic nitrogens is 4. The van der Waals surface area contributed by atoms with Crippen LogP contribution in [0.25, 0.3) is 10.2 Å². The molecule has 3 heterocycles. The number of aromatic carboxylic acids is 1. The lowest BCUT2D eigenvalue weighted by atomic mass is 10.2. The Hall–Kier alpha value is -4.68. The summed E-state index contributed by atoms with van der Waals surface area (Å²) in [5.74, 6) is 5.52. The van der Waals surface area contributed by atoms with Gasteiger partial charge in [-0.05, 0) is 88.0 Å². The molecule has 11 nitrogen and oxygen atoms in total. The molecule has 0 aliphatic heterocycles. The molecule has 14 heteroatoms. The maximum Gasteiger partial charge on any atom is 0.355 e. The van der Waals surface area contributed by atoms with Crippen LogP contribution in [0.15, 0.2) is 48.5 Å². The van der Waals surface area contributed by atoms with Crippen molar-refractivity contribution in [2.45, 2.75) is 39.0 Å². The molecule has 0 saturated carbocycles. The zero-order valence-corrected chi connectivity index (χ0v) is 31.3. The van der Waals surface area contributed by atoms with Crippen molar-refractivity contribution in [3.8, 4) is 17.6 Å². The first kappa shape index (κ1) is 37.6. The molecule has 0 atom stereocenters. The van der Waals surface area contributed by atoms with Gasteiger partial charge in [0.2, 0.25) is 0 Å². The lowest BCUT2D eigenvalue weighted by molar-refractivity contribution is -0.870. The number of rotatable bonds is 17. The van der Waals surface area contributed by atoms with Crippen LogP contribution in [0.5, 0.6) is 5.75 Å². The lowest BCUT2D eigenvalue weighted by Crippen LogP contribution is -2.35. The molecular weight excluding hydrogens is 688 g/mol. The molecule has 3 N–H and O–H groups in total. The Balaban J connectivity index is 1.31. The fourth-order valence-corrected chi connectivity index (χ4v) is 7.22. The van der Waals surface area contributed by atoms with E-state index in [1.54, 1.807) is 30.5 Å². The van der Waals surface area contributed by atoms with Gasteiger partial charge in [0.1, 0.15) is 0 Å². The van der Waals surface area contributed by atoms with Crippen molar-refractivity contribution in [1.29, 1.82) is 0 Å². The van der Waals surface area contributed by atoms with Gasteiger partial charge in [-0.3, -0.25) is 0 Å². The molecule has 2 aromatic carbocycles. The number of anilines is 4. The van der Waals surface area contributed by atoms with Gasteiger partial charge in [-0.15, -0.1) is 21.5 Å². The molecule has 0 radical (unpaired) electrons. The normalized spacial score (nSPS) is 11.3. The van der Waals surface area contributed by atoms with Crippen LogP contribution in [0.2, 0.25) is 0 Å². The predicted molar refractivity (Wildman–Crippen MR) is 204 cm³/mol. The number of nitrogens with one attached hydrogen (secondary N) is 2. The average Bonchev–Trinajstić information content (AvgIpc) is 3.70. The first-order valence-corrected chi connectivity index (χ1v) is 18.5. The van der Waals surface area contributed by atoms with Crippen molar-refractivity contribution < 1.29 is 23.5 Å². The third-order valence-electron chi connectivity index (χ3n) is 7.83. The van der Waals surface area contributed by atoms with Crippen LogP contribution >= 0.6 is 22.7 Å². The summed E-state index contributed by atoms with van der Waals surface area (Å²) in [6.45, 7) is 4.32. The highest BCUT2D eigenvalue weighted by atomic mass is 32.1. The molecule has 51 heavy (non-hydrogen) atoms. The lowest BCUT2D eigenvalue weighted by Gasteiger charge is -2.24. The van der Waals surface area contributed by atoms with E-state index >= 15 is 0 Å². The van der Waals surface area contributed by atoms with Crippen molar-refractivity contribution in [1.82, 2.24) is 25.5 Å². The number of aryl methyl sites for hydroxylation is 2. The second-order valence-corrected chi connectivity index (χ2v) is 15.2. The van der Waals surface area contributed by atoms with Crippen molar-refractivity contribution in [2.75, 3.05) is 64.6 Å². The van der Waals surface area contributed by atoms with Gasteiger partial charge in [0.25, 0.3) is 0 Å². The molecule has 0 unspecified atom stereocenters. The summed E-state index contributed by atoms with van der Waals surface area (Å²) >= 11 is 2.87. The largest absolute Gasteiger partial charge is 0.491 e. The summed E-state index contributed by atoms with van der Waals surface area (Å²) in [6.07, 6.45) is 3.80.